The number of H-pyrrole nitrogens is 1. The molecule has 0 aliphatic carbocycles. The third kappa shape index (κ3) is 3.68. The van der Waals surface area contributed by atoms with Gasteiger partial charge in [-0.25, -0.2) is 4.98 Å². The van der Waals surface area contributed by atoms with Crippen LogP contribution in [0.25, 0.3) is 11.3 Å². The highest BCUT2D eigenvalue weighted by Gasteiger charge is 2.03. The van der Waals surface area contributed by atoms with Crippen LogP contribution in [-0.2, 0) is 6.42 Å². The summed E-state index contributed by atoms with van der Waals surface area (Å²) in [5.74, 6) is 1.06. The lowest BCUT2D eigenvalue weighted by molar-refractivity contribution is 0.673. The number of nitrogens with zero attached hydrogens (tertiary/aromatic N) is 1. The molecule has 0 bridgehead atoms. The van der Waals surface area contributed by atoms with E-state index in [1.54, 1.807) is 0 Å². The van der Waals surface area contributed by atoms with Crippen molar-refractivity contribution in [1.29, 1.82) is 0 Å². The maximum Gasteiger partial charge on any atom is 0.106 e. The minimum absolute atomic E-state index is 0.779. The molecule has 1 aromatic heterocycles. The average Bonchev–Trinajstić information content (AvgIpc) is 2.83. The van der Waals surface area contributed by atoms with Crippen LogP contribution in [0.5, 0.6) is 0 Å². The highest BCUT2D eigenvalue weighted by molar-refractivity contribution is 9.10. The first kappa shape index (κ1) is 13.3. The predicted molar refractivity (Wildman–Crippen MR) is 78.3 cm³/mol. The number of hydrogen-bond donors (Lipinski definition) is 2. The maximum atomic E-state index is 5.47. The van der Waals surface area contributed by atoms with Crippen molar-refractivity contribution in [2.24, 2.45) is 5.73 Å². The van der Waals surface area contributed by atoms with Gasteiger partial charge in [0.2, 0.25) is 0 Å². The monoisotopic (exact) mass is 307 g/mol. The number of hydrogen-bond acceptors (Lipinski definition) is 2. The molecule has 0 radical (unpaired) electrons. The molecular formula is C14H18BrN3. The molecule has 2 aromatic rings. The Bertz CT molecular complexity index is 493. The van der Waals surface area contributed by atoms with Crippen LogP contribution >= 0.6 is 15.9 Å². The second kappa shape index (κ2) is 6.71. The van der Waals surface area contributed by atoms with Gasteiger partial charge < -0.3 is 10.7 Å². The van der Waals surface area contributed by atoms with Gasteiger partial charge in [0.05, 0.1) is 11.9 Å². The van der Waals surface area contributed by atoms with Crippen LogP contribution in [0, 0.1) is 0 Å². The molecule has 0 saturated carbocycles. The van der Waals surface area contributed by atoms with E-state index >= 15 is 0 Å². The summed E-state index contributed by atoms with van der Waals surface area (Å²) in [5, 5.41) is 0. The Hall–Kier alpha value is -1.13. The molecule has 1 heterocycles. The van der Waals surface area contributed by atoms with E-state index in [9.17, 15) is 0 Å². The summed E-state index contributed by atoms with van der Waals surface area (Å²) in [6.07, 6.45) is 6.30. The summed E-state index contributed by atoms with van der Waals surface area (Å²) in [5.41, 5.74) is 7.71. The first-order valence-electron chi connectivity index (χ1n) is 6.29. The smallest absolute Gasteiger partial charge is 0.106 e. The van der Waals surface area contributed by atoms with E-state index in [1.807, 2.05) is 18.3 Å². The molecule has 0 spiro atoms. The second-order valence-corrected chi connectivity index (χ2v) is 5.27. The Kier molecular flexibility index (Phi) is 4.96. The van der Waals surface area contributed by atoms with E-state index in [-0.39, 0.29) is 0 Å². The minimum Gasteiger partial charge on any atom is -0.342 e. The van der Waals surface area contributed by atoms with E-state index in [2.05, 4.69) is 38.0 Å². The van der Waals surface area contributed by atoms with E-state index in [4.69, 9.17) is 5.73 Å². The fourth-order valence-electron chi connectivity index (χ4n) is 1.91. The standard InChI is InChI=1S/C14H18BrN3/c15-12-6-4-5-11(9-12)13-10-17-14(18-13)7-2-1-3-8-16/h4-6,9-10H,1-3,7-8,16H2,(H,17,18). The Balaban J connectivity index is 1.97. The zero-order valence-corrected chi connectivity index (χ0v) is 11.9. The Morgan fingerprint density at radius 2 is 2.11 bits per heavy atom. The molecule has 18 heavy (non-hydrogen) atoms. The van der Waals surface area contributed by atoms with Gasteiger partial charge in [-0.1, -0.05) is 34.5 Å². The number of aromatic amines is 1. The number of nitrogens with two attached hydrogens (primary N) is 1. The van der Waals surface area contributed by atoms with Crippen LogP contribution in [0.4, 0.5) is 0 Å². The van der Waals surface area contributed by atoms with Crippen molar-refractivity contribution in [3.05, 3.63) is 40.8 Å². The molecule has 0 aliphatic heterocycles. The molecule has 0 amide bonds. The van der Waals surface area contributed by atoms with Crippen LogP contribution in [0.2, 0.25) is 0 Å². The first-order chi connectivity index (χ1) is 8.79. The molecule has 1 aromatic carbocycles. The van der Waals surface area contributed by atoms with Crippen molar-refractivity contribution < 1.29 is 0 Å². The van der Waals surface area contributed by atoms with Crippen LogP contribution in [0.3, 0.4) is 0 Å². The number of imidazole rings is 1. The van der Waals surface area contributed by atoms with Crippen molar-refractivity contribution in [2.45, 2.75) is 25.7 Å². The number of nitrogens with one attached hydrogen (secondary N) is 1. The van der Waals surface area contributed by atoms with E-state index in [0.717, 1.165) is 47.4 Å². The Labute approximate surface area is 116 Å². The average molecular weight is 308 g/mol. The van der Waals surface area contributed by atoms with Crippen molar-refractivity contribution in [3.63, 3.8) is 0 Å². The summed E-state index contributed by atoms with van der Waals surface area (Å²) >= 11 is 3.48. The number of halogens is 1. The highest BCUT2D eigenvalue weighted by atomic mass is 79.9. The van der Waals surface area contributed by atoms with Gasteiger partial charge in [-0.05, 0) is 31.5 Å². The van der Waals surface area contributed by atoms with Crippen molar-refractivity contribution in [3.8, 4) is 11.3 Å². The molecular weight excluding hydrogens is 290 g/mol. The van der Waals surface area contributed by atoms with Gasteiger partial charge in [-0.15, -0.1) is 0 Å². The molecule has 0 atom stereocenters. The van der Waals surface area contributed by atoms with Gasteiger partial charge in [-0.3, -0.25) is 0 Å². The molecule has 0 saturated heterocycles. The summed E-state index contributed by atoms with van der Waals surface area (Å²) in [6.45, 7) is 0.779. The predicted octanol–water partition coefficient (Wildman–Crippen LogP) is 3.51. The maximum absolute atomic E-state index is 5.47. The van der Waals surface area contributed by atoms with Gasteiger partial charge in [0.15, 0.2) is 0 Å². The number of aromatic nitrogens is 2. The number of unbranched alkanes of at least 4 members (excludes halogenated alkanes) is 2. The quantitative estimate of drug-likeness (QED) is 0.802. The molecule has 3 N–H and O–H groups in total. The summed E-state index contributed by atoms with van der Waals surface area (Å²) in [7, 11) is 0. The third-order valence-corrected chi connectivity index (χ3v) is 3.38. The zero-order valence-electron chi connectivity index (χ0n) is 10.3. The summed E-state index contributed by atoms with van der Waals surface area (Å²) < 4.78 is 1.08. The van der Waals surface area contributed by atoms with Crippen LogP contribution < -0.4 is 5.73 Å². The lowest BCUT2D eigenvalue weighted by atomic mass is 10.2. The van der Waals surface area contributed by atoms with E-state index in [0.29, 0.717) is 0 Å². The first-order valence-corrected chi connectivity index (χ1v) is 7.09. The van der Waals surface area contributed by atoms with Crippen LogP contribution in [0.15, 0.2) is 34.9 Å². The fourth-order valence-corrected chi connectivity index (χ4v) is 2.31. The normalized spacial score (nSPS) is 10.8. The van der Waals surface area contributed by atoms with Crippen LogP contribution in [-0.4, -0.2) is 16.5 Å². The zero-order chi connectivity index (χ0) is 12.8. The van der Waals surface area contributed by atoms with E-state index in [1.165, 1.54) is 6.42 Å². The molecule has 4 heteroatoms. The SMILES string of the molecule is NCCCCCc1ncc(-c2cccc(Br)c2)[nH]1. The molecule has 0 aliphatic rings. The molecule has 3 nitrogen and oxygen atoms in total. The molecule has 2 rings (SSSR count). The Morgan fingerprint density at radius 3 is 2.89 bits per heavy atom. The molecule has 0 fully saturated rings. The number of aryl methyl sites for hydroxylation is 1. The summed E-state index contributed by atoms with van der Waals surface area (Å²) in [6, 6.07) is 8.22. The third-order valence-electron chi connectivity index (χ3n) is 2.88. The van der Waals surface area contributed by atoms with Crippen molar-refractivity contribution in [1.82, 2.24) is 9.97 Å². The summed E-state index contributed by atoms with van der Waals surface area (Å²) in [4.78, 5) is 7.79. The minimum atomic E-state index is 0.779. The van der Waals surface area contributed by atoms with Crippen molar-refractivity contribution >= 4 is 15.9 Å². The Morgan fingerprint density at radius 1 is 1.22 bits per heavy atom. The lowest BCUT2D eigenvalue weighted by Crippen LogP contribution is -1.98. The number of rotatable bonds is 6. The second-order valence-electron chi connectivity index (χ2n) is 4.35. The van der Waals surface area contributed by atoms with Gasteiger partial charge in [0.25, 0.3) is 0 Å². The molecule has 0 unspecified atom stereocenters. The molecule has 96 valence electrons. The van der Waals surface area contributed by atoms with Gasteiger partial charge >= 0.3 is 0 Å². The van der Waals surface area contributed by atoms with Crippen molar-refractivity contribution in [2.75, 3.05) is 6.54 Å². The van der Waals surface area contributed by atoms with Gasteiger partial charge in [0.1, 0.15) is 5.82 Å². The lowest BCUT2D eigenvalue weighted by Gasteiger charge is -1.99. The van der Waals surface area contributed by atoms with Gasteiger partial charge in [0, 0.05) is 16.5 Å². The van der Waals surface area contributed by atoms with Gasteiger partial charge in [-0.2, -0.15) is 0 Å². The topological polar surface area (TPSA) is 54.7 Å². The highest BCUT2D eigenvalue weighted by Crippen LogP contribution is 2.21. The fraction of sp³-hybridized carbons (Fsp3) is 0.357. The largest absolute Gasteiger partial charge is 0.342 e. The van der Waals surface area contributed by atoms with Crippen LogP contribution in [0.1, 0.15) is 25.1 Å². The number of benzene rings is 1. The van der Waals surface area contributed by atoms with E-state index < -0.39 is 0 Å².